The quantitative estimate of drug-likeness (QED) is 0.516. The molecule has 0 rings (SSSR count). The summed E-state index contributed by atoms with van der Waals surface area (Å²) in [4.78, 5) is 40.2. The normalized spacial score (nSPS) is 9.96. The topological polar surface area (TPSA) is 86.9 Å². The maximum absolute atomic E-state index is 12.0. The summed E-state index contributed by atoms with van der Waals surface area (Å²) in [5.74, 6) is -0.467. The van der Waals surface area contributed by atoms with E-state index in [1.54, 1.807) is 14.7 Å². The van der Waals surface area contributed by atoms with E-state index < -0.39 is 0 Å². The number of hydrogen-bond acceptors (Lipinski definition) is 4. The van der Waals surface area contributed by atoms with Gasteiger partial charge in [-0.2, -0.15) is 0 Å². The second kappa shape index (κ2) is 12.3. The van der Waals surface area contributed by atoms with Gasteiger partial charge in [0.25, 0.3) is 0 Å². The van der Waals surface area contributed by atoms with Crippen molar-refractivity contribution >= 4 is 17.7 Å². The Morgan fingerprint density at radius 3 is 1.58 bits per heavy atom. The molecule has 136 valence electrons. The molecule has 0 saturated carbocycles. The summed E-state index contributed by atoms with van der Waals surface area (Å²) >= 11 is 0. The molecule has 0 atom stereocenters. The highest BCUT2D eigenvalue weighted by atomic mass is 16.2. The average Bonchev–Trinajstić information content (AvgIpc) is 2.57. The van der Waals surface area contributed by atoms with E-state index in [0.29, 0.717) is 45.8 Å². The van der Waals surface area contributed by atoms with Crippen LogP contribution >= 0.6 is 0 Å². The third-order valence-electron chi connectivity index (χ3n) is 3.59. The molecule has 0 aliphatic heterocycles. The third kappa shape index (κ3) is 7.92. The van der Waals surface area contributed by atoms with Crippen LogP contribution in [-0.2, 0) is 14.4 Å². The molecule has 0 bridgehead atoms. The molecular formula is C17H30N4O3. The smallest absolute Gasteiger partial charge is 0.246 e. The van der Waals surface area contributed by atoms with Gasteiger partial charge in [0, 0.05) is 52.7 Å². The van der Waals surface area contributed by atoms with E-state index in [4.69, 9.17) is 5.73 Å². The van der Waals surface area contributed by atoms with Crippen molar-refractivity contribution in [3.63, 3.8) is 0 Å². The number of rotatable bonds is 12. The Hall–Kier alpha value is -2.15. The lowest BCUT2D eigenvalue weighted by Crippen LogP contribution is -2.45. The standard InChI is InChI=1S/C17H30N4O3/c1-5-9-20(16(23)6-2)13-14-21(17(24)7-3)12-11-19(10-8-18)15(4)22/h6-7H,2-3,5,8-14,18H2,1,4H3. The van der Waals surface area contributed by atoms with Gasteiger partial charge in [-0.05, 0) is 18.6 Å². The number of nitrogens with zero attached hydrogens (tertiary/aromatic N) is 3. The van der Waals surface area contributed by atoms with Crippen LogP contribution in [0.15, 0.2) is 25.3 Å². The molecule has 7 nitrogen and oxygen atoms in total. The molecule has 0 aromatic carbocycles. The molecule has 7 heteroatoms. The summed E-state index contributed by atoms with van der Waals surface area (Å²) in [6, 6.07) is 0. The third-order valence-corrected chi connectivity index (χ3v) is 3.59. The van der Waals surface area contributed by atoms with E-state index in [9.17, 15) is 14.4 Å². The Morgan fingerprint density at radius 2 is 1.25 bits per heavy atom. The Kier molecular flexibility index (Phi) is 11.2. The molecule has 0 heterocycles. The molecule has 0 aliphatic rings. The van der Waals surface area contributed by atoms with Gasteiger partial charge in [0.1, 0.15) is 0 Å². The van der Waals surface area contributed by atoms with Crippen molar-refractivity contribution < 1.29 is 14.4 Å². The highest BCUT2D eigenvalue weighted by Gasteiger charge is 2.16. The van der Waals surface area contributed by atoms with E-state index in [2.05, 4.69) is 13.2 Å². The SMILES string of the molecule is C=CC(=O)N(CCC)CCN(CCN(CCN)C(C)=O)C(=O)C=C. The molecular weight excluding hydrogens is 308 g/mol. The van der Waals surface area contributed by atoms with Gasteiger partial charge in [0.2, 0.25) is 17.7 Å². The zero-order valence-corrected chi connectivity index (χ0v) is 14.9. The number of amides is 3. The van der Waals surface area contributed by atoms with Crippen LogP contribution in [0.4, 0.5) is 0 Å². The van der Waals surface area contributed by atoms with E-state index >= 15 is 0 Å². The van der Waals surface area contributed by atoms with Crippen molar-refractivity contribution in [3.8, 4) is 0 Å². The maximum atomic E-state index is 12.0. The lowest BCUT2D eigenvalue weighted by molar-refractivity contribution is -0.132. The van der Waals surface area contributed by atoms with Gasteiger partial charge in [-0.25, -0.2) is 0 Å². The molecule has 2 N–H and O–H groups in total. The van der Waals surface area contributed by atoms with Crippen LogP contribution in [0.1, 0.15) is 20.3 Å². The predicted molar refractivity (Wildman–Crippen MR) is 95.2 cm³/mol. The lowest BCUT2D eigenvalue weighted by Gasteiger charge is -2.29. The summed E-state index contributed by atoms with van der Waals surface area (Å²) < 4.78 is 0. The highest BCUT2D eigenvalue weighted by Crippen LogP contribution is 1.99. The Morgan fingerprint density at radius 1 is 0.833 bits per heavy atom. The van der Waals surface area contributed by atoms with Crippen molar-refractivity contribution in [1.29, 1.82) is 0 Å². The molecule has 3 amide bonds. The number of nitrogens with two attached hydrogens (primary N) is 1. The molecule has 0 spiro atoms. The van der Waals surface area contributed by atoms with Gasteiger partial charge in [-0.1, -0.05) is 20.1 Å². The van der Waals surface area contributed by atoms with Crippen LogP contribution in [0.25, 0.3) is 0 Å². The zero-order valence-electron chi connectivity index (χ0n) is 14.9. The molecule has 0 unspecified atom stereocenters. The fourth-order valence-corrected chi connectivity index (χ4v) is 2.26. The Bertz CT molecular complexity index is 451. The minimum atomic E-state index is -0.228. The van der Waals surface area contributed by atoms with Gasteiger partial charge in [-0.15, -0.1) is 0 Å². The number of carbonyl (C=O) groups excluding carboxylic acids is 3. The van der Waals surface area contributed by atoms with Crippen LogP contribution in [0.3, 0.4) is 0 Å². The largest absolute Gasteiger partial charge is 0.340 e. The minimum Gasteiger partial charge on any atom is -0.340 e. The molecule has 0 saturated heterocycles. The van der Waals surface area contributed by atoms with Gasteiger partial charge >= 0.3 is 0 Å². The summed E-state index contributed by atoms with van der Waals surface area (Å²) in [6.07, 6.45) is 3.33. The summed E-state index contributed by atoms with van der Waals surface area (Å²) in [7, 11) is 0. The summed E-state index contributed by atoms with van der Waals surface area (Å²) in [5.41, 5.74) is 5.50. The maximum Gasteiger partial charge on any atom is 0.246 e. The first-order valence-electron chi connectivity index (χ1n) is 8.19. The van der Waals surface area contributed by atoms with Crippen molar-refractivity contribution in [2.24, 2.45) is 5.73 Å². The second-order valence-corrected chi connectivity index (χ2v) is 5.35. The first-order valence-corrected chi connectivity index (χ1v) is 8.19. The second-order valence-electron chi connectivity index (χ2n) is 5.35. The average molecular weight is 338 g/mol. The van der Waals surface area contributed by atoms with Crippen LogP contribution in [-0.4, -0.2) is 78.2 Å². The summed E-state index contributed by atoms with van der Waals surface area (Å²) in [5, 5.41) is 0. The monoisotopic (exact) mass is 338 g/mol. The first kappa shape index (κ1) is 21.9. The van der Waals surface area contributed by atoms with Crippen LogP contribution in [0.5, 0.6) is 0 Å². The highest BCUT2D eigenvalue weighted by molar-refractivity contribution is 5.88. The van der Waals surface area contributed by atoms with Gasteiger partial charge in [0.05, 0.1) is 0 Å². The minimum absolute atomic E-state index is 0.0825. The van der Waals surface area contributed by atoms with Crippen molar-refractivity contribution in [3.05, 3.63) is 25.3 Å². The fourth-order valence-electron chi connectivity index (χ4n) is 2.26. The zero-order chi connectivity index (χ0) is 18.5. The van der Waals surface area contributed by atoms with Crippen LogP contribution in [0.2, 0.25) is 0 Å². The van der Waals surface area contributed by atoms with Gasteiger partial charge in [-0.3, -0.25) is 14.4 Å². The fraction of sp³-hybridized carbons (Fsp3) is 0.588. The molecule has 0 aromatic heterocycles. The molecule has 0 aliphatic carbocycles. The van der Waals surface area contributed by atoms with Crippen molar-refractivity contribution in [2.45, 2.75) is 20.3 Å². The first-order chi connectivity index (χ1) is 11.4. The van der Waals surface area contributed by atoms with E-state index in [1.165, 1.54) is 19.1 Å². The van der Waals surface area contributed by atoms with Gasteiger partial charge < -0.3 is 20.4 Å². The molecule has 0 aromatic rings. The van der Waals surface area contributed by atoms with E-state index in [-0.39, 0.29) is 17.7 Å². The lowest BCUT2D eigenvalue weighted by atomic mass is 10.3. The summed E-state index contributed by atoms with van der Waals surface area (Å²) in [6.45, 7) is 13.4. The van der Waals surface area contributed by atoms with Gasteiger partial charge in [0.15, 0.2) is 0 Å². The van der Waals surface area contributed by atoms with E-state index in [0.717, 1.165) is 6.42 Å². The number of hydrogen-bond donors (Lipinski definition) is 1. The molecule has 0 radical (unpaired) electrons. The Labute approximate surface area is 144 Å². The van der Waals surface area contributed by atoms with Crippen molar-refractivity contribution in [2.75, 3.05) is 45.8 Å². The molecule has 0 fully saturated rings. The van der Waals surface area contributed by atoms with Crippen LogP contribution in [0, 0.1) is 0 Å². The Balaban J connectivity index is 4.79. The van der Waals surface area contributed by atoms with Crippen molar-refractivity contribution in [1.82, 2.24) is 14.7 Å². The number of carbonyl (C=O) groups is 3. The van der Waals surface area contributed by atoms with E-state index in [1.807, 2.05) is 6.92 Å². The molecule has 24 heavy (non-hydrogen) atoms. The predicted octanol–water partition coefficient (Wildman–Crippen LogP) is 0.233. The van der Waals surface area contributed by atoms with Crippen LogP contribution < -0.4 is 5.73 Å².